The van der Waals surface area contributed by atoms with Crippen LogP contribution in [0.1, 0.15) is 96.8 Å². The van der Waals surface area contributed by atoms with Crippen molar-refractivity contribution >= 4 is 0 Å². The van der Waals surface area contributed by atoms with Crippen LogP contribution in [0, 0.1) is 0 Å². The number of ether oxygens (including phenoxy) is 1. The van der Waals surface area contributed by atoms with E-state index in [2.05, 4.69) is 19.1 Å². The lowest BCUT2D eigenvalue weighted by molar-refractivity contribution is -0.171. The molecule has 0 fully saturated rings. The molecule has 0 saturated carbocycles. The molecule has 0 spiro atoms. The first-order valence-corrected chi connectivity index (χ1v) is 10.5. The van der Waals surface area contributed by atoms with Gasteiger partial charge in [-0.1, -0.05) is 76.9 Å². The molecule has 4 heteroatoms. The number of unbranched alkanes of at least 4 members (excludes halogenated alkanes) is 12. The molecule has 0 rings (SSSR count). The zero-order valence-electron chi connectivity index (χ0n) is 16.4. The average Bonchev–Trinajstić information content (AvgIpc) is 2.63. The van der Waals surface area contributed by atoms with E-state index in [1.165, 1.54) is 77.0 Å². The standard InChI is InChI=1S/C21H42O4/c1-2-3-4-5-6-7-8-9-10-11-12-13-14-15-16-17-18-25-21(24)20(23)19-22/h9-10,20-24H,2-8,11-19H2,1H3/b10-9-/t20-,21?/m1/s1. The SMILES string of the molecule is CCCCCCCC/C=C\CCCCCCCCOC(O)[C@H](O)CO. The van der Waals surface area contributed by atoms with Crippen molar-refractivity contribution in [3.63, 3.8) is 0 Å². The molecule has 0 bridgehead atoms. The summed E-state index contributed by atoms with van der Waals surface area (Å²) in [5, 5.41) is 27.1. The predicted molar refractivity (Wildman–Crippen MR) is 105 cm³/mol. The molecule has 150 valence electrons. The van der Waals surface area contributed by atoms with Crippen LogP contribution in [-0.4, -0.2) is 40.9 Å². The van der Waals surface area contributed by atoms with Crippen LogP contribution in [0.2, 0.25) is 0 Å². The van der Waals surface area contributed by atoms with Gasteiger partial charge in [0.05, 0.1) is 6.61 Å². The van der Waals surface area contributed by atoms with Crippen molar-refractivity contribution in [2.24, 2.45) is 0 Å². The summed E-state index contributed by atoms with van der Waals surface area (Å²) in [5.74, 6) is 0. The van der Waals surface area contributed by atoms with E-state index in [9.17, 15) is 5.11 Å². The summed E-state index contributed by atoms with van der Waals surface area (Å²) in [6.07, 6.45) is 19.8. The molecule has 0 aliphatic rings. The second-order valence-electron chi connectivity index (χ2n) is 6.95. The van der Waals surface area contributed by atoms with E-state index in [1.54, 1.807) is 0 Å². The molecule has 1 unspecified atom stereocenters. The van der Waals surface area contributed by atoms with Crippen molar-refractivity contribution in [2.75, 3.05) is 13.2 Å². The summed E-state index contributed by atoms with van der Waals surface area (Å²) < 4.78 is 5.05. The van der Waals surface area contributed by atoms with Crippen molar-refractivity contribution in [1.82, 2.24) is 0 Å². The molecule has 0 heterocycles. The fraction of sp³-hybridized carbons (Fsp3) is 0.905. The van der Waals surface area contributed by atoms with Gasteiger partial charge in [-0.25, -0.2) is 0 Å². The molecule has 0 saturated heterocycles. The molecule has 0 aromatic heterocycles. The monoisotopic (exact) mass is 358 g/mol. The normalized spacial score (nSPS) is 14.2. The Morgan fingerprint density at radius 3 is 1.72 bits per heavy atom. The molecule has 2 atom stereocenters. The number of hydrogen-bond acceptors (Lipinski definition) is 4. The van der Waals surface area contributed by atoms with Gasteiger partial charge in [-0.15, -0.1) is 0 Å². The molecule has 0 aliphatic heterocycles. The molecule has 0 aromatic rings. The van der Waals surface area contributed by atoms with Gasteiger partial charge in [0.2, 0.25) is 0 Å². The fourth-order valence-corrected chi connectivity index (χ4v) is 2.75. The Bertz CT molecular complexity index is 281. The van der Waals surface area contributed by atoms with E-state index in [-0.39, 0.29) is 0 Å². The second-order valence-corrected chi connectivity index (χ2v) is 6.95. The molecule has 3 N–H and O–H groups in total. The number of aliphatic hydroxyl groups is 3. The molecule has 0 aliphatic carbocycles. The lowest BCUT2D eigenvalue weighted by atomic mass is 10.1. The minimum Gasteiger partial charge on any atom is -0.393 e. The van der Waals surface area contributed by atoms with Crippen LogP contribution in [0.4, 0.5) is 0 Å². The van der Waals surface area contributed by atoms with E-state index in [1.807, 2.05) is 0 Å². The lowest BCUT2D eigenvalue weighted by Gasteiger charge is -2.15. The highest BCUT2D eigenvalue weighted by Crippen LogP contribution is 2.10. The van der Waals surface area contributed by atoms with Crippen LogP contribution < -0.4 is 0 Å². The minimum absolute atomic E-state index is 0.430. The molecule has 0 radical (unpaired) electrons. The summed E-state index contributed by atoms with van der Waals surface area (Å²) in [6.45, 7) is 2.21. The van der Waals surface area contributed by atoms with Crippen LogP contribution in [0.15, 0.2) is 12.2 Å². The Hall–Kier alpha value is -0.420. The maximum Gasteiger partial charge on any atom is 0.183 e. The van der Waals surface area contributed by atoms with Gasteiger partial charge in [0.25, 0.3) is 0 Å². The van der Waals surface area contributed by atoms with E-state index < -0.39 is 19.0 Å². The summed E-state index contributed by atoms with van der Waals surface area (Å²) in [5.41, 5.74) is 0. The summed E-state index contributed by atoms with van der Waals surface area (Å²) in [7, 11) is 0. The fourth-order valence-electron chi connectivity index (χ4n) is 2.75. The third kappa shape index (κ3) is 18.2. The summed E-state index contributed by atoms with van der Waals surface area (Å²) in [4.78, 5) is 0. The van der Waals surface area contributed by atoms with Crippen molar-refractivity contribution in [2.45, 2.75) is 109 Å². The summed E-state index contributed by atoms with van der Waals surface area (Å²) in [6, 6.07) is 0. The molecular formula is C21H42O4. The first-order valence-electron chi connectivity index (χ1n) is 10.5. The van der Waals surface area contributed by atoms with E-state index >= 15 is 0 Å². The number of aliphatic hydroxyl groups excluding tert-OH is 3. The van der Waals surface area contributed by atoms with Crippen molar-refractivity contribution in [1.29, 1.82) is 0 Å². The molecule has 0 aromatic carbocycles. The third-order valence-electron chi connectivity index (χ3n) is 4.46. The molecule has 25 heavy (non-hydrogen) atoms. The van der Waals surface area contributed by atoms with Gasteiger partial charge in [-0.05, 0) is 32.1 Å². The zero-order valence-corrected chi connectivity index (χ0v) is 16.4. The van der Waals surface area contributed by atoms with Gasteiger partial charge in [0, 0.05) is 6.61 Å². The zero-order chi connectivity index (χ0) is 18.6. The van der Waals surface area contributed by atoms with E-state index in [0.717, 1.165) is 12.8 Å². The van der Waals surface area contributed by atoms with Gasteiger partial charge < -0.3 is 20.1 Å². The minimum atomic E-state index is -1.27. The quantitative estimate of drug-likeness (QED) is 0.178. The highest BCUT2D eigenvalue weighted by Gasteiger charge is 2.14. The van der Waals surface area contributed by atoms with Crippen molar-refractivity contribution < 1.29 is 20.1 Å². The van der Waals surface area contributed by atoms with Crippen LogP contribution in [-0.2, 0) is 4.74 Å². The number of hydrogen-bond donors (Lipinski definition) is 3. The van der Waals surface area contributed by atoms with E-state index in [4.69, 9.17) is 14.9 Å². The number of rotatable bonds is 19. The second kappa shape index (κ2) is 19.9. The topological polar surface area (TPSA) is 69.9 Å². The van der Waals surface area contributed by atoms with Gasteiger partial charge in [-0.2, -0.15) is 0 Å². The predicted octanol–water partition coefficient (Wildman–Crippen LogP) is 4.71. The molecular weight excluding hydrogens is 316 g/mol. The van der Waals surface area contributed by atoms with Gasteiger partial charge >= 0.3 is 0 Å². The Morgan fingerprint density at radius 2 is 1.20 bits per heavy atom. The van der Waals surface area contributed by atoms with Gasteiger partial charge in [0.15, 0.2) is 6.29 Å². The highest BCUT2D eigenvalue weighted by atomic mass is 16.6. The number of allylic oxidation sites excluding steroid dienone is 2. The first kappa shape index (κ1) is 24.6. The van der Waals surface area contributed by atoms with Crippen LogP contribution >= 0.6 is 0 Å². The highest BCUT2D eigenvalue weighted by molar-refractivity contribution is 4.81. The van der Waals surface area contributed by atoms with Crippen LogP contribution in [0.3, 0.4) is 0 Å². The Labute approximate surface area is 155 Å². The maximum absolute atomic E-state index is 9.30. The summed E-state index contributed by atoms with van der Waals surface area (Å²) >= 11 is 0. The maximum atomic E-state index is 9.30. The smallest absolute Gasteiger partial charge is 0.183 e. The van der Waals surface area contributed by atoms with Crippen molar-refractivity contribution in [3.8, 4) is 0 Å². The first-order chi connectivity index (χ1) is 12.2. The third-order valence-corrected chi connectivity index (χ3v) is 4.46. The van der Waals surface area contributed by atoms with Gasteiger partial charge in [0.1, 0.15) is 6.10 Å². The van der Waals surface area contributed by atoms with Crippen molar-refractivity contribution in [3.05, 3.63) is 12.2 Å². The Morgan fingerprint density at radius 1 is 0.720 bits per heavy atom. The average molecular weight is 359 g/mol. The Balaban J connectivity index is 3.17. The Kier molecular flexibility index (Phi) is 19.6. The lowest BCUT2D eigenvalue weighted by Crippen LogP contribution is -2.31. The molecule has 0 amide bonds. The van der Waals surface area contributed by atoms with Gasteiger partial charge in [-0.3, -0.25) is 0 Å². The van der Waals surface area contributed by atoms with Crippen LogP contribution in [0.25, 0.3) is 0 Å². The van der Waals surface area contributed by atoms with E-state index in [0.29, 0.717) is 6.61 Å². The van der Waals surface area contributed by atoms with Crippen LogP contribution in [0.5, 0.6) is 0 Å². The molecule has 4 nitrogen and oxygen atoms in total. The largest absolute Gasteiger partial charge is 0.393 e.